The zero-order valence-corrected chi connectivity index (χ0v) is 15.6. The molecule has 0 aromatic heterocycles. The van der Waals surface area contributed by atoms with Crippen LogP contribution in [-0.2, 0) is 17.7 Å². The van der Waals surface area contributed by atoms with Crippen LogP contribution in [0.2, 0.25) is 0 Å². The number of aryl methyl sites for hydroxylation is 2. The second-order valence-corrected chi connectivity index (χ2v) is 5.96. The van der Waals surface area contributed by atoms with Crippen molar-refractivity contribution in [1.82, 2.24) is 10.6 Å². The summed E-state index contributed by atoms with van der Waals surface area (Å²) >= 11 is 0. The molecule has 0 aliphatic heterocycles. The minimum atomic E-state index is -0.772. The molecule has 0 saturated carbocycles. The minimum absolute atomic E-state index is 0.00465. The van der Waals surface area contributed by atoms with Gasteiger partial charge < -0.3 is 15.8 Å². The van der Waals surface area contributed by atoms with Gasteiger partial charge in [0.1, 0.15) is 0 Å². The third kappa shape index (κ3) is 4.63. The van der Waals surface area contributed by atoms with Crippen LogP contribution >= 0.6 is 0 Å². The third-order valence-electron chi connectivity index (χ3n) is 4.27. The van der Waals surface area contributed by atoms with E-state index in [9.17, 15) is 14.4 Å². The summed E-state index contributed by atoms with van der Waals surface area (Å²) in [5.41, 5.74) is 8.99. The summed E-state index contributed by atoms with van der Waals surface area (Å²) in [6, 6.07) is 9.67. The molecule has 142 valence electrons. The Morgan fingerprint density at radius 3 is 2.48 bits per heavy atom. The van der Waals surface area contributed by atoms with Gasteiger partial charge in [0.25, 0.3) is 5.91 Å². The van der Waals surface area contributed by atoms with Crippen molar-refractivity contribution in [3.63, 3.8) is 0 Å². The van der Waals surface area contributed by atoms with Crippen LogP contribution in [0.3, 0.4) is 0 Å². The normalized spacial score (nSPS) is 10.2. The number of hydrogen-bond donors (Lipinski definition) is 3. The summed E-state index contributed by atoms with van der Waals surface area (Å²) in [6.45, 7) is 4.28. The van der Waals surface area contributed by atoms with Gasteiger partial charge in [0, 0.05) is 12.2 Å². The van der Waals surface area contributed by atoms with E-state index >= 15 is 0 Å². The Hall–Kier alpha value is -3.35. The van der Waals surface area contributed by atoms with Crippen molar-refractivity contribution < 1.29 is 19.1 Å². The first-order valence-corrected chi connectivity index (χ1v) is 8.52. The molecule has 0 radical (unpaired) electrons. The molecule has 7 nitrogen and oxygen atoms in total. The average Bonchev–Trinajstić information content (AvgIpc) is 2.65. The topological polar surface area (TPSA) is 111 Å². The zero-order chi connectivity index (χ0) is 20.0. The molecule has 3 amide bonds. The lowest BCUT2D eigenvalue weighted by molar-refractivity contribution is 0.0596. The van der Waals surface area contributed by atoms with Gasteiger partial charge in [0.15, 0.2) is 0 Å². The number of benzene rings is 2. The number of nitrogens with two attached hydrogens (primary N) is 1. The van der Waals surface area contributed by atoms with Crippen molar-refractivity contribution in [2.45, 2.75) is 26.8 Å². The highest BCUT2D eigenvalue weighted by Gasteiger charge is 2.22. The fourth-order valence-electron chi connectivity index (χ4n) is 2.83. The Morgan fingerprint density at radius 2 is 1.81 bits per heavy atom. The first-order valence-electron chi connectivity index (χ1n) is 8.52. The summed E-state index contributed by atoms with van der Waals surface area (Å²) in [4.78, 5) is 36.5. The van der Waals surface area contributed by atoms with Gasteiger partial charge in [-0.15, -0.1) is 0 Å². The number of ether oxygens (including phenoxy) is 1. The second-order valence-electron chi connectivity index (χ2n) is 5.96. The first-order chi connectivity index (χ1) is 12.9. The highest BCUT2D eigenvalue weighted by atomic mass is 16.5. The van der Waals surface area contributed by atoms with Gasteiger partial charge in [-0.1, -0.05) is 31.2 Å². The minimum Gasteiger partial charge on any atom is -0.465 e. The van der Waals surface area contributed by atoms with Gasteiger partial charge in [0.2, 0.25) is 0 Å². The number of carbonyl (C=O) groups is 3. The number of nitrogen functional groups attached to an aromatic ring is 1. The van der Waals surface area contributed by atoms with Crippen LogP contribution in [0.25, 0.3) is 0 Å². The molecule has 0 unspecified atom stereocenters. The lowest BCUT2D eigenvalue weighted by Gasteiger charge is -2.14. The summed E-state index contributed by atoms with van der Waals surface area (Å²) in [5, 5.41) is 4.88. The molecule has 0 bridgehead atoms. The number of urea groups is 1. The first kappa shape index (κ1) is 20.0. The van der Waals surface area contributed by atoms with Gasteiger partial charge >= 0.3 is 12.0 Å². The van der Waals surface area contributed by atoms with Crippen LogP contribution in [0.1, 0.15) is 44.3 Å². The number of imide groups is 1. The molecule has 0 heterocycles. The van der Waals surface area contributed by atoms with E-state index in [0.29, 0.717) is 0 Å². The van der Waals surface area contributed by atoms with Crippen LogP contribution in [0.5, 0.6) is 0 Å². The molecule has 2 rings (SSSR count). The maximum absolute atomic E-state index is 12.5. The molecule has 0 atom stereocenters. The average molecular weight is 369 g/mol. The fourth-order valence-corrected chi connectivity index (χ4v) is 2.83. The highest BCUT2D eigenvalue weighted by molar-refractivity contribution is 6.13. The molecular formula is C20H23N3O4. The van der Waals surface area contributed by atoms with E-state index in [1.54, 1.807) is 0 Å². The van der Waals surface area contributed by atoms with E-state index in [2.05, 4.69) is 15.4 Å². The van der Waals surface area contributed by atoms with E-state index in [4.69, 9.17) is 5.73 Å². The Labute approximate surface area is 157 Å². The Bertz CT molecular complexity index is 878. The molecule has 2 aromatic rings. The number of rotatable bonds is 5. The van der Waals surface area contributed by atoms with Crippen molar-refractivity contribution in [1.29, 1.82) is 0 Å². The van der Waals surface area contributed by atoms with E-state index in [1.807, 2.05) is 32.0 Å². The van der Waals surface area contributed by atoms with Crippen LogP contribution in [0.4, 0.5) is 10.5 Å². The Morgan fingerprint density at radius 1 is 1.11 bits per heavy atom. The highest BCUT2D eigenvalue weighted by Crippen LogP contribution is 2.18. The maximum atomic E-state index is 12.5. The number of methoxy groups -OCH3 is 1. The summed E-state index contributed by atoms with van der Waals surface area (Å²) < 4.78 is 4.66. The van der Waals surface area contributed by atoms with Crippen LogP contribution in [-0.4, -0.2) is 25.0 Å². The van der Waals surface area contributed by atoms with Crippen LogP contribution in [0.15, 0.2) is 36.4 Å². The molecule has 0 saturated heterocycles. The van der Waals surface area contributed by atoms with Gasteiger partial charge in [-0.25, -0.2) is 9.59 Å². The van der Waals surface area contributed by atoms with Crippen molar-refractivity contribution in [2.24, 2.45) is 0 Å². The van der Waals surface area contributed by atoms with Crippen molar-refractivity contribution >= 4 is 23.6 Å². The second kappa shape index (κ2) is 8.84. The van der Waals surface area contributed by atoms with Crippen molar-refractivity contribution in [3.05, 3.63) is 64.2 Å². The van der Waals surface area contributed by atoms with E-state index < -0.39 is 17.9 Å². The lowest BCUT2D eigenvalue weighted by atomic mass is 10.0. The summed E-state index contributed by atoms with van der Waals surface area (Å²) in [6.07, 6.45) is 0.836. The Balaban J connectivity index is 2.12. The van der Waals surface area contributed by atoms with E-state index in [0.717, 1.165) is 23.1 Å². The molecular weight excluding hydrogens is 346 g/mol. The molecule has 2 aromatic carbocycles. The monoisotopic (exact) mass is 369 g/mol. The summed E-state index contributed by atoms with van der Waals surface area (Å²) in [7, 11) is 1.20. The van der Waals surface area contributed by atoms with Gasteiger partial charge in [-0.3, -0.25) is 10.1 Å². The number of hydrogen-bond acceptors (Lipinski definition) is 5. The number of nitrogens with one attached hydrogen (secondary N) is 2. The predicted molar refractivity (Wildman–Crippen MR) is 102 cm³/mol. The largest absolute Gasteiger partial charge is 0.465 e. The predicted octanol–water partition coefficient (Wildman–Crippen LogP) is 2.57. The van der Waals surface area contributed by atoms with Gasteiger partial charge in [0.05, 0.1) is 18.2 Å². The van der Waals surface area contributed by atoms with E-state index in [1.165, 1.54) is 25.3 Å². The molecule has 4 N–H and O–H groups in total. The zero-order valence-electron chi connectivity index (χ0n) is 15.6. The van der Waals surface area contributed by atoms with Crippen molar-refractivity contribution in [2.75, 3.05) is 12.8 Å². The number of carbonyl (C=O) groups excluding carboxylic acids is 3. The summed E-state index contributed by atoms with van der Waals surface area (Å²) in [5.74, 6) is -1.48. The maximum Gasteiger partial charge on any atom is 0.338 e. The third-order valence-corrected chi connectivity index (χ3v) is 4.27. The fraction of sp³-hybridized carbons (Fsp3) is 0.250. The molecule has 0 spiro atoms. The smallest absolute Gasteiger partial charge is 0.338 e. The molecule has 0 aliphatic rings. The number of esters is 1. The van der Waals surface area contributed by atoms with Crippen LogP contribution in [0, 0.1) is 6.92 Å². The van der Waals surface area contributed by atoms with E-state index in [-0.39, 0.29) is 23.4 Å². The Kier molecular flexibility index (Phi) is 6.54. The van der Waals surface area contributed by atoms with Gasteiger partial charge in [-0.2, -0.15) is 0 Å². The quantitative estimate of drug-likeness (QED) is 0.554. The van der Waals surface area contributed by atoms with Gasteiger partial charge in [-0.05, 0) is 42.2 Å². The lowest BCUT2D eigenvalue weighted by Crippen LogP contribution is -2.40. The van der Waals surface area contributed by atoms with Crippen molar-refractivity contribution in [3.8, 4) is 0 Å². The SMILES string of the molecule is CCc1cccc(C)c1CNC(=O)NC(=O)c1c(N)cccc1C(=O)OC. The molecule has 0 fully saturated rings. The number of anilines is 1. The number of amides is 3. The van der Waals surface area contributed by atoms with Crippen LogP contribution < -0.4 is 16.4 Å². The molecule has 7 heteroatoms. The standard InChI is InChI=1S/C20H23N3O4/c1-4-13-8-5-7-12(2)15(13)11-22-20(26)23-18(24)17-14(19(25)27-3)9-6-10-16(17)21/h5-10H,4,11,21H2,1-3H3,(H2,22,23,24,26). The molecule has 0 aliphatic carbocycles. The molecule has 27 heavy (non-hydrogen) atoms.